The van der Waals surface area contributed by atoms with E-state index in [2.05, 4.69) is 12.1 Å². The third-order valence-corrected chi connectivity index (χ3v) is 4.22. The van der Waals surface area contributed by atoms with Gasteiger partial charge in [0.05, 0.1) is 0 Å². The number of nitrogens with zero attached hydrogens (tertiary/aromatic N) is 1. The second-order valence-electron chi connectivity index (χ2n) is 5.40. The Hall–Kier alpha value is -1.84. The monoisotopic (exact) mass is 259 g/mol. The fourth-order valence-electron chi connectivity index (χ4n) is 3.26. The van der Waals surface area contributed by atoms with Crippen LogP contribution in [0.3, 0.4) is 0 Å². The number of carboxylic acid groups (broad SMARTS) is 1. The minimum Gasteiger partial charge on any atom is -0.480 e. The van der Waals surface area contributed by atoms with E-state index in [0.29, 0.717) is 13.0 Å². The lowest BCUT2D eigenvalue weighted by Gasteiger charge is -2.24. The average molecular weight is 259 g/mol. The molecule has 2 aliphatic rings. The lowest BCUT2D eigenvalue weighted by Crippen LogP contribution is -2.43. The van der Waals surface area contributed by atoms with Crippen molar-refractivity contribution in [2.24, 2.45) is 5.92 Å². The number of likely N-dealkylation sites (tertiary alicyclic amines) is 1. The van der Waals surface area contributed by atoms with E-state index in [4.69, 9.17) is 5.11 Å². The summed E-state index contributed by atoms with van der Waals surface area (Å²) in [5.74, 6) is -0.931. The molecule has 1 aromatic carbocycles. The van der Waals surface area contributed by atoms with Gasteiger partial charge < -0.3 is 10.0 Å². The Morgan fingerprint density at radius 2 is 1.79 bits per heavy atom. The molecule has 4 nitrogen and oxygen atoms in total. The largest absolute Gasteiger partial charge is 0.480 e. The number of hydrogen-bond acceptors (Lipinski definition) is 2. The Kier molecular flexibility index (Phi) is 3.01. The molecule has 3 rings (SSSR count). The van der Waals surface area contributed by atoms with E-state index in [-0.39, 0.29) is 11.8 Å². The molecular formula is C15H17NO3. The number of benzene rings is 1. The van der Waals surface area contributed by atoms with Gasteiger partial charge >= 0.3 is 5.97 Å². The number of carbonyl (C=O) groups excluding carboxylic acids is 1. The van der Waals surface area contributed by atoms with E-state index >= 15 is 0 Å². The molecule has 4 heteroatoms. The molecule has 1 amide bonds. The summed E-state index contributed by atoms with van der Waals surface area (Å²) >= 11 is 0. The third kappa shape index (κ3) is 2.11. The van der Waals surface area contributed by atoms with Gasteiger partial charge in [-0.05, 0) is 36.8 Å². The van der Waals surface area contributed by atoms with Crippen molar-refractivity contribution < 1.29 is 14.7 Å². The number of carbonyl (C=O) groups is 2. The van der Waals surface area contributed by atoms with Crippen molar-refractivity contribution in [1.82, 2.24) is 4.90 Å². The SMILES string of the molecule is O=C(O)C1CCCN1C(=O)C1Cc2ccccc2C1. The van der Waals surface area contributed by atoms with Crippen LogP contribution in [0.4, 0.5) is 0 Å². The first-order chi connectivity index (χ1) is 9.16. The number of rotatable bonds is 2. The summed E-state index contributed by atoms with van der Waals surface area (Å²) in [7, 11) is 0. The molecule has 0 saturated carbocycles. The number of carboxylic acids is 1. The lowest BCUT2D eigenvalue weighted by molar-refractivity contribution is -0.149. The summed E-state index contributed by atoms with van der Waals surface area (Å²) in [5.41, 5.74) is 2.46. The maximum absolute atomic E-state index is 12.5. The molecule has 1 N–H and O–H groups in total. The van der Waals surface area contributed by atoms with E-state index in [1.807, 2.05) is 12.1 Å². The second kappa shape index (κ2) is 4.68. The van der Waals surface area contributed by atoms with Gasteiger partial charge in [0.1, 0.15) is 6.04 Å². The summed E-state index contributed by atoms with van der Waals surface area (Å²) < 4.78 is 0. The zero-order valence-electron chi connectivity index (χ0n) is 10.7. The highest BCUT2D eigenvalue weighted by Gasteiger charge is 2.38. The van der Waals surface area contributed by atoms with Crippen molar-refractivity contribution in [3.05, 3.63) is 35.4 Å². The zero-order valence-corrected chi connectivity index (χ0v) is 10.7. The van der Waals surface area contributed by atoms with Gasteiger partial charge in [-0.25, -0.2) is 4.79 Å². The van der Waals surface area contributed by atoms with Crippen LogP contribution in [-0.2, 0) is 22.4 Å². The Morgan fingerprint density at radius 3 is 2.37 bits per heavy atom. The van der Waals surface area contributed by atoms with E-state index in [0.717, 1.165) is 19.3 Å². The quantitative estimate of drug-likeness (QED) is 0.875. The molecule has 0 radical (unpaired) electrons. The molecule has 0 spiro atoms. The van der Waals surface area contributed by atoms with Gasteiger partial charge in [-0.15, -0.1) is 0 Å². The van der Waals surface area contributed by atoms with Gasteiger partial charge in [0.15, 0.2) is 0 Å². The number of hydrogen-bond donors (Lipinski definition) is 1. The molecule has 0 aromatic heterocycles. The molecule has 100 valence electrons. The normalized spacial score (nSPS) is 22.5. The summed E-state index contributed by atoms with van der Waals surface area (Å²) in [5, 5.41) is 9.16. The molecule has 1 aliphatic heterocycles. The van der Waals surface area contributed by atoms with Gasteiger partial charge in [0.2, 0.25) is 5.91 Å². The Balaban J connectivity index is 1.74. The minimum absolute atomic E-state index is 0.0149. The summed E-state index contributed by atoms with van der Waals surface area (Å²) in [6.45, 7) is 0.586. The van der Waals surface area contributed by atoms with Crippen LogP contribution < -0.4 is 0 Å². The fourth-order valence-corrected chi connectivity index (χ4v) is 3.26. The van der Waals surface area contributed by atoms with Crippen molar-refractivity contribution in [2.45, 2.75) is 31.7 Å². The van der Waals surface area contributed by atoms with Crippen LogP contribution in [0, 0.1) is 5.92 Å². The fraction of sp³-hybridized carbons (Fsp3) is 0.467. The molecule has 1 aliphatic carbocycles. The first kappa shape index (κ1) is 12.2. The van der Waals surface area contributed by atoms with Crippen LogP contribution in [0.5, 0.6) is 0 Å². The minimum atomic E-state index is -0.874. The standard InChI is InChI=1S/C15H17NO3/c17-14(16-7-3-6-13(16)15(18)19)12-8-10-4-1-2-5-11(10)9-12/h1-2,4-5,12-13H,3,6-9H2,(H,18,19). The number of aliphatic carboxylic acids is 1. The van der Waals surface area contributed by atoms with Crippen LogP contribution in [-0.4, -0.2) is 34.5 Å². The van der Waals surface area contributed by atoms with Crippen molar-refractivity contribution in [1.29, 1.82) is 0 Å². The molecule has 1 unspecified atom stereocenters. The highest BCUT2D eigenvalue weighted by Crippen LogP contribution is 2.30. The third-order valence-electron chi connectivity index (χ3n) is 4.22. The van der Waals surface area contributed by atoms with E-state index < -0.39 is 12.0 Å². The average Bonchev–Trinajstić information content (AvgIpc) is 3.04. The highest BCUT2D eigenvalue weighted by molar-refractivity contribution is 5.86. The molecule has 1 saturated heterocycles. The maximum Gasteiger partial charge on any atom is 0.326 e. The molecular weight excluding hydrogens is 242 g/mol. The van der Waals surface area contributed by atoms with Crippen molar-refractivity contribution in [3.8, 4) is 0 Å². The Morgan fingerprint density at radius 1 is 1.16 bits per heavy atom. The molecule has 19 heavy (non-hydrogen) atoms. The molecule has 1 atom stereocenters. The second-order valence-corrected chi connectivity index (χ2v) is 5.40. The van der Waals surface area contributed by atoms with Crippen molar-refractivity contribution in [3.63, 3.8) is 0 Å². The predicted molar refractivity (Wildman–Crippen MR) is 69.7 cm³/mol. The van der Waals surface area contributed by atoms with E-state index in [9.17, 15) is 9.59 Å². The van der Waals surface area contributed by atoms with Gasteiger partial charge in [0.25, 0.3) is 0 Å². The summed E-state index contributed by atoms with van der Waals surface area (Å²) in [6.07, 6.45) is 2.87. The smallest absolute Gasteiger partial charge is 0.326 e. The topological polar surface area (TPSA) is 57.6 Å². The van der Waals surface area contributed by atoms with Crippen LogP contribution >= 0.6 is 0 Å². The van der Waals surface area contributed by atoms with Crippen LogP contribution in [0.2, 0.25) is 0 Å². The van der Waals surface area contributed by atoms with E-state index in [1.165, 1.54) is 11.1 Å². The number of amides is 1. The molecule has 1 aromatic rings. The first-order valence-corrected chi connectivity index (χ1v) is 6.77. The van der Waals surface area contributed by atoms with Crippen LogP contribution in [0.15, 0.2) is 24.3 Å². The zero-order chi connectivity index (χ0) is 13.4. The predicted octanol–water partition coefficient (Wildman–Crippen LogP) is 1.48. The van der Waals surface area contributed by atoms with Gasteiger partial charge in [-0.2, -0.15) is 0 Å². The summed E-state index contributed by atoms with van der Waals surface area (Å²) in [6, 6.07) is 7.47. The number of fused-ring (bicyclic) bond motifs is 1. The van der Waals surface area contributed by atoms with Gasteiger partial charge in [-0.3, -0.25) is 4.79 Å². The van der Waals surface area contributed by atoms with Crippen LogP contribution in [0.1, 0.15) is 24.0 Å². The Labute approximate surface area is 112 Å². The first-order valence-electron chi connectivity index (χ1n) is 6.77. The van der Waals surface area contributed by atoms with E-state index in [1.54, 1.807) is 4.90 Å². The van der Waals surface area contributed by atoms with Crippen molar-refractivity contribution in [2.75, 3.05) is 6.54 Å². The highest BCUT2D eigenvalue weighted by atomic mass is 16.4. The van der Waals surface area contributed by atoms with Gasteiger partial charge in [0, 0.05) is 12.5 Å². The van der Waals surface area contributed by atoms with Crippen LogP contribution in [0.25, 0.3) is 0 Å². The maximum atomic E-state index is 12.5. The molecule has 0 bridgehead atoms. The lowest BCUT2D eigenvalue weighted by atomic mass is 10.0. The Bertz CT molecular complexity index is 501. The van der Waals surface area contributed by atoms with Gasteiger partial charge in [-0.1, -0.05) is 24.3 Å². The summed E-state index contributed by atoms with van der Waals surface area (Å²) in [4.78, 5) is 25.2. The van der Waals surface area contributed by atoms with Crippen molar-refractivity contribution >= 4 is 11.9 Å². The molecule has 1 fully saturated rings. The molecule has 1 heterocycles.